The smallest absolute Gasteiger partial charge is 0.127 e. The van der Waals surface area contributed by atoms with Gasteiger partial charge < -0.3 is 5.32 Å². The summed E-state index contributed by atoms with van der Waals surface area (Å²) in [6.07, 6.45) is 7.02. The second-order valence-electron chi connectivity index (χ2n) is 4.77. The second kappa shape index (κ2) is 6.50. The van der Waals surface area contributed by atoms with Crippen molar-refractivity contribution in [2.24, 2.45) is 0 Å². The zero-order valence-corrected chi connectivity index (χ0v) is 11.6. The highest BCUT2D eigenvalue weighted by Crippen LogP contribution is 2.18. The van der Waals surface area contributed by atoms with Gasteiger partial charge in [-0.1, -0.05) is 34.8 Å². The Morgan fingerprint density at radius 1 is 1.29 bits per heavy atom. The third kappa shape index (κ3) is 4.07. The number of nitrogens with one attached hydrogen (secondary N) is 1. The SMILES string of the molecule is Fc1cc(Br)ccc1CCC1CCCCCN1. The molecule has 0 radical (unpaired) electrons. The molecule has 1 aliphatic rings. The number of aryl methyl sites for hydroxylation is 1. The fourth-order valence-electron chi connectivity index (χ4n) is 2.40. The molecule has 0 aromatic heterocycles. The Balaban J connectivity index is 1.88. The summed E-state index contributed by atoms with van der Waals surface area (Å²) in [5, 5.41) is 3.55. The lowest BCUT2D eigenvalue weighted by Gasteiger charge is -2.15. The zero-order chi connectivity index (χ0) is 12.1. The van der Waals surface area contributed by atoms with Gasteiger partial charge in [-0.25, -0.2) is 4.39 Å². The first-order valence-corrected chi connectivity index (χ1v) is 7.22. The molecule has 17 heavy (non-hydrogen) atoms. The van der Waals surface area contributed by atoms with Crippen molar-refractivity contribution in [2.45, 2.75) is 44.6 Å². The van der Waals surface area contributed by atoms with Crippen LogP contribution < -0.4 is 5.32 Å². The maximum atomic E-state index is 13.6. The number of hydrogen-bond donors (Lipinski definition) is 1. The standard InChI is InChI=1S/C14H19BrFN/c15-12-7-5-11(14(16)10-12)6-8-13-4-2-1-3-9-17-13/h5,7,10,13,17H,1-4,6,8-9H2. The van der Waals surface area contributed by atoms with Crippen LogP contribution >= 0.6 is 15.9 Å². The molecule has 0 aliphatic carbocycles. The van der Waals surface area contributed by atoms with Crippen molar-refractivity contribution in [3.63, 3.8) is 0 Å². The van der Waals surface area contributed by atoms with Crippen LogP contribution in [0, 0.1) is 5.82 Å². The van der Waals surface area contributed by atoms with Gasteiger partial charge in [0.1, 0.15) is 5.82 Å². The van der Waals surface area contributed by atoms with Gasteiger partial charge in [0.15, 0.2) is 0 Å². The van der Waals surface area contributed by atoms with E-state index in [1.54, 1.807) is 6.07 Å². The minimum Gasteiger partial charge on any atom is -0.314 e. The average Bonchev–Trinajstić information content (AvgIpc) is 2.56. The van der Waals surface area contributed by atoms with Crippen LogP contribution in [0.3, 0.4) is 0 Å². The molecule has 3 heteroatoms. The first-order valence-electron chi connectivity index (χ1n) is 6.43. The molecule has 1 nitrogen and oxygen atoms in total. The summed E-state index contributed by atoms with van der Waals surface area (Å²) >= 11 is 3.28. The van der Waals surface area contributed by atoms with E-state index < -0.39 is 0 Å². The number of halogens is 2. The second-order valence-corrected chi connectivity index (χ2v) is 5.69. The number of benzene rings is 1. The Hall–Kier alpha value is -0.410. The van der Waals surface area contributed by atoms with Gasteiger partial charge in [0, 0.05) is 10.5 Å². The van der Waals surface area contributed by atoms with E-state index in [2.05, 4.69) is 21.2 Å². The molecule has 1 fully saturated rings. The van der Waals surface area contributed by atoms with Gasteiger partial charge in [-0.05, 0) is 49.9 Å². The van der Waals surface area contributed by atoms with Crippen molar-refractivity contribution < 1.29 is 4.39 Å². The molecule has 1 aliphatic heterocycles. The minimum absolute atomic E-state index is 0.0898. The van der Waals surface area contributed by atoms with Crippen molar-refractivity contribution >= 4 is 15.9 Å². The van der Waals surface area contributed by atoms with Gasteiger partial charge in [-0.2, -0.15) is 0 Å². The van der Waals surface area contributed by atoms with E-state index in [0.29, 0.717) is 6.04 Å². The van der Waals surface area contributed by atoms with E-state index in [-0.39, 0.29) is 5.82 Å². The van der Waals surface area contributed by atoms with Gasteiger partial charge in [-0.3, -0.25) is 0 Å². The Morgan fingerprint density at radius 3 is 3.00 bits per heavy atom. The topological polar surface area (TPSA) is 12.0 Å². The quantitative estimate of drug-likeness (QED) is 0.888. The van der Waals surface area contributed by atoms with Crippen LogP contribution in [0.5, 0.6) is 0 Å². The number of rotatable bonds is 3. The Labute approximate surface area is 111 Å². The Kier molecular flexibility index (Phi) is 4.99. The molecular weight excluding hydrogens is 281 g/mol. The van der Waals surface area contributed by atoms with Crippen molar-refractivity contribution in [1.82, 2.24) is 5.32 Å². The summed E-state index contributed by atoms with van der Waals surface area (Å²) in [5.74, 6) is -0.0898. The molecule has 0 spiro atoms. The summed E-state index contributed by atoms with van der Waals surface area (Å²) in [6, 6.07) is 5.92. The van der Waals surface area contributed by atoms with E-state index in [0.717, 1.165) is 29.4 Å². The monoisotopic (exact) mass is 299 g/mol. The molecule has 1 unspecified atom stereocenters. The zero-order valence-electron chi connectivity index (χ0n) is 10.0. The van der Waals surface area contributed by atoms with Crippen molar-refractivity contribution in [3.05, 3.63) is 34.1 Å². The van der Waals surface area contributed by atoms with Gasteiger partial charge in [0.25, 0.3) is 0 Å². The van der Waals surface area contributed by atoms with Crippen LogP contribution in [-0.2, 0) is 6.42 Å². The lowest BCUT2D eigenvalue weighted by atomic mass is 10.0. The highest BCUT2D eigenvalue weighted by atomic mass is 79.9. The third-order valence-corrected chi connectivity index (χ3v) is 3.93. The van der Waals surface area contributed by atoms with Crippen molar-refractivity contribution in [1.29, 1.82) is 0 Å². The largest absolute Gasteiger partial charge is 0.314 e. The fourth-order valence-corrected chi connectivity index (χ4v) is 2.73. The molecule has 1 N–H and O–H groups in total. The van der Waals surface area contributed by atoms with Gasteiger partial charge in [-0.15, -0.1) is 0 Å². The summed E-state index contributed by atoms with van der Waals surface area (Å²) in [7, 11) is 0. The first kappa shape index (κ1) is 13.0. The van der Waals surface area contributed by atoms with E-state index in [4.69, 9.17) is 0 Å². The molecule has 1 saturated heterocycles. The minimum atomic E-state index is -0.0898. The highest BCUT2D eigenvalue weighted by molar-refractivity contribution is 9.10. The molecule has 94 valence electrons. The molecule has 1 atom stereocenters. The maximum absolute atomic E-state index is 13.6. The van der Waals surface area contributed by atoms with Crippen LogP contribution in [0.1, 0.15) is 37.7 Å². The molecule has 0 bridgehead atoms. The molecule has 1 aromatic rings. The van der Waals surface area contributed by atoms with Crippen LogP contribution in [0.2, 0.25) is 0 Å². The maximum Gasteiger partial charge on any atom is 0.127 e. The van der Waals surface area contributed by atoms with Crippen LogP contribution in [-0.4, -0.2) is 12.6 Å². The normalized spacial score (nSPS) is 21.2. The Bertz CT molecular complexity index is 359. The third-order valence-electron chi connectivity index (χ3n) is 3.44. The summed E-state index contributed by atoms with van der Waals surface area (Å²) < 4.78 is 14.4. The van der Waals surface area contributed by atoms with Crippen LogP contribution in [0.15, 0.2) is 22.7 Å². The summed E-state index contributed by atoms with van der Waals surface area (Å²) in [5.41, 5.74) is 0.833. The van der Waals surface area contributed by atoms with Gasteiger partial charge in [0.2, 0.25) is 0 Å². The molecule has 1 heterocycles. The van der Waals surface area contributed by atoms with E-state index in [1.807, 2.05) is 12.1 Å². The van der Waals surface area contributed by atoms with E-state index in [9.17, 15) is 4.39 Å². The fraction of sp³-hybridized carbons (Fsp3) is 0.571. The van der Waals surface area contributed by atoms with Crippen molar-refractivity contribution in [2.75, 3.05) is 6.54 Å². The molecule has 2 rings (SSSR count). The van der Waals surface area contributed by atoms with Gasteiger partial charge in [0.05, 0.1) is 0 Å². The molecule has 0 saturated carbocycles. The summed E-state index contributed by atoms with van der Waals surface area (Å²) in [4.78, 5) is 0. The lowest BCUT2D eigenvalue weighted by molar-refractivity contribution is 0.473. The average molecular weight is 300 g/mol. The number of hydrogen-bond acceptors (Lipinski definition) is 1. The van der Waals surface area contributed by atoms with Gasteiger partial charge >= 0.3 is 0 Å². The Morgan fingerprint density at radius 2 is 2.18 bits per heavy atom. The van der Waals surface area contributed by atoms with E-state index in [1.165, 1.54) is 25.7 Å². The highest BCUT2D eigenvalue weighted by Gasteiger charge is 2.12. The predicted molar refractivity (Wildman–Crippen MR) is 72.7 cm³/mol. The molecule has 1 aromatic carbocycles. The predicted octanol–water partition coefficient (Wildman–Crippen LogP) is 4.05. The molecular formula is C14H19BrFN. The lowest BCUT2D eigenvalue weighted by Crippen LogP contribution is -2.28. The first-order chi connectivity index (χ1) is 8.25. The van der Waals surface area contributed by atoms with E-state index >= 15 is 0 Å². The van der Waals surface area contributed by atoms with Crippen LogP contribution in [0.4, 0.5) is 4.39 Å². The molecule has 0 amide bonds. The van der Waals surface area contributed by atoms with Crippen LogP contribution in [0.25, 0.3) is 0 Å². The van der Waals surface area contributed by atoms with Crippen molar-refractivity contribution in [3.8, 4) is 0 Å². The summed E-state index contributed by atoms with van der Waals surface area (Å²) in [6.45, 7) is 1.12.